The van der Waals surface area contributed by atoms with Crippen molar-refractivity contribution >= 4 is 11.8 Å². The van der Waals surface area contributed by atoms with Crippen LogP contribution in [-0.2, 0) is 4.79 Å². The highest BCUT2D eigenvalue weighted by Crippen LogP contribution is 2.30. The van der Waals surface area contributed by atoms with Crippen molar-refractivity contribution in [2.24, 2.45) is 5.92 Å². The first-order valence-corrected chi connectivity index (χ1v) is 9.49. The Hall–Kier alpha value is -2.82. The average molecular weight is 364 g/mol. The summed E-state index contributed by atoms with van der Waals surface area (Å²) >= 11 is 0. The first-order chi connectivity index (χ1) is 13.1. The maximum absolute atomic E-state index is 13.2. The third-order valence-electron chi connectivity index (χ3n) is 5.48. The molecule has 0 unspecified atom stereocenters. The molecule has 0 saturated carbocycles. The molecule has 2 amide bonds. The number of ether oxygens (including phenoxy) is 1. The largest absolute Gasteiger partial charge is 0.457 e. The van der Waals surface area contributed by atoms with E-state index in [9.17, 15) is 9.59 Å². The molecule has 5 rings (SSSR count). The SMILES string of the molecule is CC(=O)N1C[C@@H]2CC[C@H](C1)N(C(=O)c1cccc(Oc3ccccc3)c1)C2. The molecular weight excluding hydrogens is 340 g/mol. The second-order valence-corrected chi connectivity index (χ2v) is 7.42. The number of piperidine rings is 1. The summed E-state index contributed by atoms with van der Waals surface area (Å²) in [5.74, 6) is 1.87. The van der Waals surface area contributed by atoms with Gasteiger partial charge in [-0.3, -0.25) is 9.59 Å². The van der Waals surface area contributed by atoms with Crippen molar-refractivity contribution in [3.05, 3.63) is 60.2 Å². The molecule has 5 nitrogen and oxygen atoms in total. The van der Waals surface area contributed by atoms with E-state index in [-0.39, 0.29) is 17.9 Å². The number of nitrogens with zero attached hydrogens (tertiary/aromatic N) is 2. The Kier molecular flexibility index (Phi) is 4.84. The molecule has 3 saturated heterocycles. The normalized spacial score (nSPS) is 21.7. The van der Waals surface area contributed by atoms with E-state index in [1.807, 2.05) is 58.3 Å². The standard InChI is InChI=1S/C22H24N2O3/c1-16(25)23-13-17-10-11-19(15-23)24(14-17)22(26)18-6-5-9-21(12-18)27-20-7-3-2-4-8-20/h2-9,12,17,19H,10-11,13-15H2,1H3/t17-,19+/m0/s1. The fourth-order valence-electron chi connectivity index (χ4n) is 4.07. The summed E-state index contributed by atoms with van der Waals surface area (Å²) in [7, 11) is 0. The fraction of sp³-hybridized carbons (Fsp3) is 0.364. The summed E-state index contributed by atoms with van der Waals surface area (Å²) in [4.78, 5) is 28.9. The van der Waals surface area contributed by atoms with Gasteiger partial charge in [0.2, 0.25) is 5.91 Å². The minimum atomic E-state index is 0.0219. The molecule has 3 heterocycles. The molecule has 0 aliphatic carbocycles. The molecule has 2 aromatic carbocycles. The summed E-state index contributed by atoms with van der Waals surface area (Å²) in [5, 5.41) is 0. The van der Waals surface area contributed by atoms with Gasteiger partial charge < -0.3 is 14.5 Å². The first-order valence-electron chi connectivity index (χ1n) is 9.49. The van der Waals surface area contributed by atoms with E-state index in [0.29, 0.717) is 23.8 Å². The molecular formula is C22H24N2O3. The van der Waals surface area contributed by atoms with E-state index in [1.54, 1.807) is 13.0 Å². The maximum atomic E-state index is 13.2. The van der Waals surface area contributed by atoms with Crippen molar-refractivity contribution < 1.29 is 14.3 Å². The molecule has 0 radical (unpaired) electrons. The van der Waals surface area contributed by atoms with Crippen LogP contribution in [0.1, 0.15) is 30.1 Å². The molecule has 2 bridgehead atoms. The Morgan fingerprint density at radius 1 is 0.926 bits per heavy atom. The van der Waals surface area contributed by atoms with E-state index in [0.717, 1.165) is 31.7 Å². The molecule has 5 heteroatoms. The quantitative estimate of drug-likeness (QED) is 0.837. The Morgan fingerprint density at radius 3 is 2.48 bits per heavy atom. The summed E-state index contributed by atoms with van der Waals surface area (Å²) in [6.45, 7) is 3.73. The van der Waals surface area contributed by atoms with Crippen LogP contribution in [0.25, 0.3) is 0 Å². The highest BCUT2D eigenvalue weighted by Gasteiger charge is 2.38. The van der Waals surface area contributed by atoms with Crippen molar-refractivity contribution in [2.45, 2.75) is 25.8 Å². The molecule has 3 fully saturated rings. The van der Waals surface area contributed by atoms with Gasteiger partial charge in [0.25, 0.3) is 5.91 Å². The minimum absolute atomic E-state index is 0.0219. The van der Waals surface area contributed by atoms with Crippen LogP contribution in [0, 0.1) is 5.92 Å². The number of fused-ring (bicyclic) bond motifs is 4. The minimum Gasteiger partial charge on any atom is -0.457 e. The number of amides is 2. The monoisotopic (exact) mass is 364 g/mol. The van der Waals surface area contributed by atoms with Gasteiger partial charge in [-0.05, 0) is 49.1 Å². The molecule has 0 aromatic heterocycles. The summed E-state index contributed by atoms with van der Waals surface area (Å²) in [6, 6.07) is 17.0. The average Bonchev–Trinajstić information content (AvgIpc) is 3.01. The van der Waals surface area contributed by atoms with E-state index >= 15 is 0 Å². The van der Waals surface area contributed by atoms with Gasteiger partial charge in [-0.15, -0.1) is 0 Å². The van der Waals surface area contributed by atoms with Gasteiger partial charge in [-0.1, -0.05) is 24.3 Å². The maximum Gasteiger partial charge on any atom is 0.254 e. The lowest BCUT2D eigenvalue weighted by Crippen LogP contribution is -2.47. The predicted molar refractivity (Wildman–Crippen MR) is 103 cm³/mol. The molecule has 27 heavy (non-hydrogen) atoms. The fourth-order valence-corrected chi connectivity index (χ4v) is 4.07. The molecule has 2 aromatic rings. The van der Waals surface area contributed by atoms with Crippen LogP contribution >= 0.6 is 0 Å². The van der Waals surface area contributed by atoms with Gasteiger partial charge in [0.1, 0.15) is 11.5 Å². The van der Waals surface area contributed by atoms with Gasteiger partial charge >= 0.3 is 0 Å². The zero-order chi connectivity index (χ0) is 18.8. The number of para-hydroxylation sites is 1. The Balaban J connectivity index is 1.53. The number of carbonyl (C=O) groups is 2. The Labute approximate surface area is 159 Å². The van der Waals surface area contributed by atoms with E-state index in [1.165, 1.54) is 0 Å². The number of hydrogen-bond acceptors (Lipinski definition) is 3. The molecule has 2 atom stereocenters. The number of rotatable bonds is 3. The molecule has 0 N–H and O–H groups in total. The molecule has 0 spiro atoms. The van der Waals surface area contributed by atoms with Crippen molar-refractivity contribution in [1.82, 2.24) is 9.80 Å². The van der Waals surface area contributed by atoms with Crippen LogP contribution in [0.15, 0.2) is 54.6 Å². The lowest BCUT2D eigenvalue weighted by atomic mass is 9.94. The van der Waals surface area contributed by atoms with Gasteiger partial charge in [0.15, 0.2) is 0 Å². The van der Waals surface area contributed by atoms with Gasteiger partial charge in [0, 0.05) is 38.2 Å². The van der Waals surface area contributed by atoms with E-state index in [4.69, 9.17) is 4.74 Å². The lowest BCUT2D eigenvalue weighted by Gasteiger charge is -2.36. The number of carbonyl (C=O) groups excluding carboxylic acids is 2. The van der Waals surface area contributed by atoms with Crippen LogP contribution in [0.5, 0.6) is 11.5 Å². The Bertz CT molecular complexity index is 836. The van der Waals surface area contributed by atoms with Crippen LogP contribution in [-0.4, -0.2) is 47.3 Å². The van der Waals surface area contributed by atoms with Crippen molar-refractivity contribution in [3.8, 4) is 11.5 Å². The van der Waals surface area contributed by atoms with Gasteiger partial charge in [-0.25, -0.2) is 0 Å². The topological polar surface area (TPSA) is 49.9 Å². The second kappa shape index (κ2) is 7.43. The molecule has 3 aliphatic heterocycles. The van der Waals surface area contributed by atoms with Crippen molar-refractivity contribution in [1.29, 1.82) is 0 Å². The third-order valence-corrected chi connectivity index (χ3v) is 5.48. The highest BCUT2D eigenvalue weighted by molar-refractivity contribution is 5.95. The van der Waals surface area contributed by atoms with Crippen LogP contribution in [0.4, 0.5) is 0 Å². The molecule has 3 aliphatic rings. The predicted octanol–water partition coefficient (Wildman–Crippen LogP) is 3.56. The van der Waals surface area contributed by atoms with Gasteiger partial charge in [-0.2, -0.15) is 0 Å². The third kappa shape index (κ3) is 3.82. The van der Waals surface area contributed by atoms with Crippen LogP contribution < -0.4 is 4.74 Å². The first kappa shape index (κ1) is 17.6. The molecule has 140 valence electrons. The Morgan fingerprint density at radius 2 is 1.70 bits per heavy atom. The number of hydrogen-bond donors (Lipinski definition) is 0. The zero-order valence-corrected chi connectivity index (χ0v) is 15.5. The van der Waals surface area contributed by atoms with Crippen LogP contribution in [0.3, 0.4) is 0 Å². The number of benzene rings is 2. The van der Waals surface area contributed by atoms with Gasteiger partial charge in [0.05, 0.1) is 0 Å². The van der Waals surface area contributed by atoms with Crippen LogP contribution in [0.2, 0.25) is 0 Å². The summed E-state index contributed by atoms with van der Waals surface area (Å²) in [6.07, 6.45) is 2.04. The van der Waals surface area contributed by atoms with Crippen molar-refractivity contribution in [2.75, 3.05) is 19.6 Å². The van der Waals surface area contributed by atoms with E-state index in [2.05, 4.69) is 0 Å². The summed E-state index contributed by atoms with van der Waals surface area (Å²) in [5.41, 5.74) is 0.630. The smallest absolute Gasteiger partial charge is 0.254 e. The second-order valence-electron chi connectivity index (χ2n) is 7.42. The highest BCUT2D eigenvalue weighted by atomic mass is 16.5. The van der Waals surface area contributed by atoms with Crippen molar-refractivity contribution in [3.63, 3.8) is 0 Å². The lowest BCUT2D eigenvalue weighted by molar-refractivity contribution is -0.129. The zero-order valence-electron chi connectivity index (χ0n) is 15.5. The summed E-state index contributed by atoms with van der Waals surface area (Å²) < 4.78 is 5.87. The van der Waals surface area contributed by atoms with E-state index < -0.39 is 0 Å².